The van der Waals surface area contributed by atoms with Crippen LogP contribution >= 0.6 is 15.9 Å². The van der Waals surface area contributed by atoms with E-state index in [1.54, 1.807) is 6.07 Å². The van der Waals surface area contributed by atoms with Crippen molar-refractivity contribution >= 4 is 15.9 Å². The second-order valence-corrected chi connectivity index (χ2v) is 3.51. The highest BCUT2D eigenvalue weighted by molar-refractivity contribution is 9.08. The summed E-state index contributed by atoms with van der Waals surface area (Å²) in [7, 11) is 1.27. The van der Waals surface area contributed by atoms with Gasteiger partial charge in [-0.05, 0) is 12.1 Å². The van der Waals surface area contributed by atoms with Crippen molar-refractivity contribution in [3.63, 3.8) is 0 Å². The Morgan fingerprint density at radius 2 is 2.06 bits per heavy atom. The van der Waals surface area contributed by atoms with E-state index in [1.165, 1.54) is 7.11 Å². The normalized spacial score (nSPS) is 11.0. The van der Waals surface area contributed by atoms with Gasteiger partial charge >= 0.3 is 6.18 Å². The largest absolute Gasteiger partial charge is 0.496 e. The van der Waals surface area contributed by atoms with E-state index in [9.17, 15) is 13.2 Å². The van der Waals surface area contributed by atoms with E-state index in [2.05, 4.69) is 15.9 Å². The number of hydrogen-bond donors (Lipinski definition) is 0. The van der Waals surface area contributed by atoms with Gasteiger partial charge in [-0.15, -0.1) is 0 Å². The van der Waals surface area contributed by atoms with E-state index >= 15 is 0 Å². The lowest BCUT2D eigenvalue weighted by Crippen LogP contribution is -2.07. The highest BCUT2D eigenvalue weighted by atomic mass is 79.9. The molecule has 0 aliphatic carbocycles. The predicted octanol–water partition coefficient (Wildman–Crippen LogP) is 3.48. The number of benzene rings is 1. The van der Waals surface area contributed by atoms with Crippen molar-refractivity contribution < 1.29 is 17.9 Å². The fourth-order valence-electron chi connectivity index (χ4n) is 1.23. The molecule has 1 aromatic rings. The summed E-state index contributed by atoms with van der Waals surface area (Å²) >= 11 is 3.10. The SMILES string of the molecule is COc1cc(C(F)(F)F)cc(C#N)c1CBr. The first-order valence-corrected chi connectivity index (χ1v) is 5.30. The maximum absolute atomic E-state index is 12.5. The first kappa shape index (κ1) is 12.8. The fourth-order valence-corrected chi connectivity index (χ4v) is 1.81. The van der Waals surface area contributed by atoms with Gasteiger partial charge in [0, 0.05) is 10.9 Å². The molecule has 16 heavy (non-hydrogen) atoms. The standard InChI is InChI=1S/C10H7BrF3NO/c1-16-9-3-7(10(12,13)14)2-6(5-15)8(9)4-11/h2-3H,4H2,1H3. The highest BCUT2D eigenvalue weighted by Crippen LogP contribution is 2.35. The monoisotopic (exact) mass is 293 g/mol. The quantitative estimate of drug-likeness (QED) is 0.782. The minimum atomic E-state index is -4.48. The lowest BCUT2D eigenvalue weighted by molar-refractivity contribution is -0.137. The Morgan fingerprint density at radius 1 is 1.44 bits per heavy atom. The van der Waals surface area contributed by atoms with Crippen molar-refractivity contribution in [1.29, 1.82) is 5.26 Å². The van der Waals surface area contributed by atoms with Crippen LogP contribution in [-0.4, -0.2) is 7.11 Å². The number of ether oxygens (including phenoxy) is 1. The zero-order valence-corrected chi connectivity index (χ0v) is 9.82. The van der Waals surface area contributed by atoms with E-state index in [1.807, 2.05) is 0 Å². The lowest BCUT2D eigenvalue weighted by atomic mass is 10.0. The van der Waals surface area contributed by atoms with Crippen molar-refractivity contribution in [3.8, 4) is 11.8 Å². The van der Waals surface area contributed by atoms with Crippen LogP contribution in [0.25, 0.3) is 0 Å². The summed E-state index contributed by atoms with van der Waals surface area (Å²) in [6.07, 6.45) is -4.48. The van der Waals surface area contributed by atoms with Crippen molar-refractivity contribution in [2.24, 2.45) is 0 Å². The fraction of sp³-hybridized carbons (Fsp3) is 0.300. The van der Waals surface area contributed by atoms with E-state index < -0.39 is 11.7 Å². The number of nitriles is 1. The molecule has 1 aromatic carbocycles. The summed E-state index contributed by atoms with van der Waals surface area (Å²) in [6, 6.07) is 3.43. The van der Waals surface area contributed by atoms with Crippen molar-refractivity contribution in [1.82, 2.24) is 0 Å². The molecule has 0 radical (unpaired) electrons. The van der Waals surface area contributed by atoms with Crippen LogP contribution in [0.4, 0.5) is 13.2 Å². The molecule has 0 aliphatic heterocycles. The molecule has 0 fully saturated rings. The average molecular weight is 294 g/mol. The van der Waals surface area contributed by atoms with Gasteiger partial charge in [0.05, 0.1) is 24.3 Å². The molecule has 2 nitrogen and oxygen atoms in total. The van der Waals surface area contributed by atoms with Crippen LogP contribution < -0.4 is 4.74 Å². The summed E-state index contributed by atoms with van der Waals surface area (Å²) in [5.41, 5.74) is -0.507. The second-order valence-electron chi connectivity index (χ2n) is 2.95. The Bertz CT molecular complexity index is 437. The van der Waals surface area contributed by atoms with Gasteiger partial charge < -0.3 is 4.74 Å². The molecule has 0 unspecified atom stereocenters. The van der Waals surface area contributed by atoms with Crippen LogP contribution in [0.2, 0.25) is 0 Å². The zero-order chi connectivity index (χ0) is 12.3. The van der Waals surface area contributed by atoms with Crippen LogP contribution in [0.1, 0.15) is 16.7 Å². The Hall–Kier alpha value is -1.22. The van der Waals surface area contributed by atoms with Gasteiger partial charge in [0.15, 0.2) is 0 Å². The van der Waals surface area contributed by atoms with Gasteiger partial charge in [-0.3, -0.25) is 0 Å². The van der Waals surface area contributed by atoms with E-state index in [0.717, 1.165) is 12.1 Å². The number of hydrogen-bond acceptors (Lipinski definition) is 2. The van der Waals surface area contributed by atoms with Crippen LogP contribution in [0.5, 0.6) is 5.75 Å². The van der Waals surface area contributed by atoms with Crippen molar-refractivity contribution in [2.45, 2.75) is 11.5 Å². The molecule has 0 amide bonds. The molecule has 0 bridgehead atoms. The minimum absolute atomic E-state index is 0.0384. The third-order valence-corrected chi connectivity index (χ3v) is 2.57. The molecule has 6 heteroatoms. The molecule has 0 saturated heterocycles. The van der Waals surface area contributed by atoms with Crippen molar-refractivity contribution in [2.75, 3.05) is 7.11 Å². The summed E-state index contributed by atoms with van der Waals surface area (Å²) < 4.78 is 42.3. The van der Waals surface area contributed by atoms with Gasteiger partial charge in [0.25, 0.3) is 0 Å². The molecule has 0 saturated carbocycles. The van der Waals surface area contributed by atoms with Gasteiger partial charge in [-0.1, -0.05) is 15.9 Å². The molecule has 0 heterocycles. The molecule has 0 spiro atoms. The topological polar surface area (TPSA) is 33.0 Å². The summed E-state index contributed by atoms with van der Waals surface area (Å²) in [6.45, 7) is 0. The molecule has 1 rings (SSSR count). The summed E-state index contributed by atoms with van der Waals surface area (Å²) in [4.78, 5) is 0. The van der Waals surface area contributed by atoms with E-state index in [4.69, 9.17) is 10.00 Å². The number of halogens is 4. The minimum Gasteiger partial charge on any atom is -0.496 e. The first-order chi connectivity index (χ1) is 7.43. The van der Waals surface area contributed by atoms with E-state index in [-0.39, 0.29) is 16.6 Å². The molecule has 0 aromatic heterocycles. The highest BCUT2D eigenvalue weighted by Gasteiger charge is 2.32. The number of methoxy groups -OCH3 is 1. The van der Waals surface area contributed by atoms with Gasteiger partial charge in [0.2, 0.25) is 0 Å². The van der Waals surface area contributed by atoms with Gasteiger partial charge in [-0.25, -0.2) is 0 Å². The Kier molecular flexibility index (Phi) is 3.81. The predicted molar refractivity (Wildman–Crippen MR) is 55.3 cm³/mol. The van der Waals surface area contributed by atoms with Crippen LogP contribution in [0.15, 0.2) is 12.1 Å². The van der Waals surface area contributed by atoms with Crippen LogP contribution in [-0.2, 0) is 11.5 Å². The Morgan fingerprint density at radius 3 is 2.44 bits per heavy atom. The maximum Gasteiger partial charge on any atom is 0.416 e. The Balaban J connectivity index is 3.45. The zero-order valence-electron chi connectivity index (χ0n) is 8.23. The molecule has 86 valence electrons. The molecular formula is C10H7BrF3NO. The van der Waals surface area contributed by atoms with Crippen molar-refractivity contribution in [3.05, 3.63) is 28.8 Å². The number of alkyl halides is 4. The third-order valence-electron chi connectivity index (χ3n) is 2.01. The number of nitrogens with zero attached hydrogens (tertiary/aromatic N) is 1. The average Bonchev–Trinajstić information content (AvgIpc) is 2.25. The number of rotatable bonds is 2. The van der Waals surface area contributed by atoms with Gasteiger partial charge in [-0.2, -0.15) is 18.4 Å². The third kappa shape index (κ3) is 2.47. The maximum atomic E-state index is 12.5. The van der Waals surface area contributed by atoms with E-state index in [0.29, 0.717) is 5.56 Å². The summed E-state index contributed by atoms with van der Waals surface area (Å²) in [5.74, 6) is 0.0586. The van der Waals surface area contributed by atoms with Gasteiger partial charge in [0.1, 0.15) is 5.75 Å². The molecular weight excluding hydrogens is 287 g/mol. The summed E-state index contributed by atoms with van der Waals surface area (Å²) in [5, 5.41) is 9.03. The second kappa shape index (κ2) is 4.74. The lowest BCUT2D eigenvalue weighted by Gasteiger charge is -2.12. The Labute approximate surface area is 98.8 Å². The van der Waals surface area contributed by atoms with Crippen LogP contribution in [0, 0.1) is 11.3 Å². The molecule has 0 aliphatic rings. The molecule has 0 atom stereocenters. The molecule has 0 N–H and O–H groups in total. The first-order valence-electron chi connectivity index (χ1n) is 4.18. The smallest absolute Gasteiger partial charge is 0.416 e. The van der Waals surface area contributed by atoms with Crippen LogP contribution in [0.3, 0.4) is 0 Å².